The number of nitrogens with zero attached hydrogens (tertiary/aromatic N) is 2. The lowest BCUT2D eigenvalue weighted by molar-refractivity contribution is 0.0217. The third-order valence-electron chi connectivity index (χ3n) is 5.66. The molecule has 3 fully saturated rings. The van der Waals surface area contributed by atoms with Gasteiger partial charge in [0.1, 0.15) is 6.10 Å². The summed E-state index contributed by atoms with van der Waals surface area (Å²) in [6.07, 6.45) is 3.04. The molecule has 1 aliphatic carbocycles. The van der Waals surface area contributed by atoms with Crippen molar-refractivity contribution in [2.45, 2.75) is 30.8 Å². The summed E-state index contributed by atoms with van der Waals surface area (Å²) in [7, 11) is 0. The fourth-order valence-electron chi connectivity index (χ4n) is 4.12. The summed E-state index contributed by atoms with van der Waals surface area (Å²) >= 11 is 3.66. The number of fused-ring (bicyclic) bond motifs is 1. The van der Waals surface area contributed by atoms with Crippen LogP contribution in [0.2, 0.25) is 0 Å². The Morgan fingerprint density at radius 2 is 2.04 bits per heavy atom. The number of aromatic nitrogens is 2. The largest absolute Gasteiger partial charge is 0.381 e. The third-order valence-corrected chi connectivity index (χ3v) is 6.36. The van der Waals surface area contributed by atoms with Gasteiger partial charge in [0.25, 0.3) is 5.89 Å². The summed E-state index contributed by atoms with van der Waals surface area (Å²) in [5.41, 5.74) is 1.14. The smallest absolute Gasteiger partial charge is 0.256 e. The molecule has 0 radical (unpaired) electrons. The van der Waals surface area contributed by atoms with Crippen LogP contribution in [0.25, 0.3) is 0 Å². The van der Waals surface area contributed by atoms with Gasteiger partial charge in [0.05, 0.1) is 18.6 Å². The molecule has 3 atom stereocenters. The van der Waals surface area contributed by atoms with Crippen molar-refractivity contribution in [3.05, 3.63) is 46.0 Å². The predicted molar refractivity (Wildman–Crippen MR) is 89.6 cm³/mol. The maximum absolute atomic E-state index is 5.98. The van der Waals surface area contributed by atoms with Gasteiger partial charge in [-0.15, -0.1) is 0 Å². The van der Waals surface area contributed by atoms with Crippen LogP contribution in [0.3, 0.4) is 0 Å². The highest BCUT2D eigenvalue weighted by atomic mass is 79.9. The van der Waals surface area contributed by atoms with Gasteiger partial charge in [0.15, 0.2) is 5.82 Å². The Kier molecular flexibility index (Phi) is 3.54. The lowest BCUT2D eigenvalue weighted by Gasteiger charge is -2.25. The standard InChI is InChI=1S/C18H19BrN2O3/c19-14-4-2-1-3-13(14)18(6-7-18)17-20-16(24-21-17)15-12-5-8-22-9-11(12)10-23-15/h1-4,11-12,15H,5-10H2/t11-,12-,15-/m1/s1. The molecule has 3 heterocycles. The Balaban J connectivity index is 1.45. The molecular formula is C18H19BrN2O3. The van der Waals surface area contributed by atoms with Gasteiger partial charge in [0, 0.05) is 22.9 Å². The second-order valence-electron chi connectivity index (χ2n) is 7.06. The fraction of sp³-hybridized carbons (Fsp3) is 0.556. The van der Waals surface area contributed by atoms with Crippen LogP contribution in [0.5, 0.6) is 0 Å². The summed E-state index contributed by atoms with van der Waals surface area (Å²) in [4.78, 5) is 4.77. The first-order valence-corrected chi connectivity index (χ1v) is 9.36. The highest BCUT2D eigenvalue weighted by Crippen LogP contribution is 2.54. The lowest BCUT2D eigenvalue weighted by Crippen LogP contribution is -2.27. The maximum Gasteiger partial charge on any atom is 0.256 e. The number of benzene rings is 1. The molecule has 5 nitrogen and oxygen atoms in total. The van der Waals surface area contributed by atoms with Crippen molar-refractivity contribution >= 4 is 15.9 Å². The van der Waals surface area contributed by atoms with Crippen LogP contribution in [0, 0.1) is 11.8 Å². The number of rotatable bonds is 3. The SMILES string of the molecule is Brc1ccccc1C1(c2noc([C@@H]3OC[C@H]4COCC[C@H]43)n2)CC1. The highest BCUT2D eigenvalue weighted by Gasteiger charge is 2.52. The van der Waals surface area contributed by atoms with Gasteiger partial charge in [-0.1, -0.05) is 39.3 Å². The van der Waals surface area contributed by atoms with E-state index in [1.165, 1.54) is 5.56 Å². The first-order chi connectivity index (χ1) is 11.8. The molecule has 0 N–H and O–H groups in total. The zero-order valence-electron chi connectivity index (χ0n) is 13.3. The summed E-state index contributed by atoms with van der Waals surface area (Å²) < 4.78 is 18.3. The predicted octanol–water partition coefficient (Wildman–Crippen LogP) is 3.64. The topological polar surface area (TPSA) is 57.4 Å². The van der Waals surface area contributed by atoms with Crippen molar-refractivity contribution < 1.29 is 14.0 Å². The van der Waals surface area contributed by atoms with Crippen molar-refractivity contribution in [1.29, 1.82) is 0 Å². The lowest BCUT2D eigenvalue weighted by atomic mass is 9.87. The van der Waals surface area contributed by atoms with Crippen LogP contribution in [0.4, 0.5) is 0 Å². The molecule has 0 unspecified atom stereocenters. The average molecular weight is 391 g/mol. The molecule has 2 saturated heterocycles. The van der Waals surface area contributed by atoms with Gasteiger partial charge in [0.2, 0.25) is 0 Å². The van der Waals surface area contributed by atoms with E-state index in [0.29, 0.717) is 17.7 Å². The van der Waals surface area contributed by atoms with E-state index in [0.717, 1.165) is 49.4 Å². The number of hydrogen-bond acceptors (Lipinski definition) is 5. The molecule has 5 rings (SSSR count). The van der Waals surface area contributed by atoms with Crippen LogP contribution in [-0.4, -0.2) is 30.0 Å². The van der Waals surface area contributed by atoms with Gasteiger partial charge in [-0.25, -0.2) is 0 Å². The number of ether oxygens (including phenoxy) is 2. The monoisotopic (exact) mass is 390 g/mol. The summed E-state index contributed by atoms with van der Waals surface area (Å²) in [5, 5.41) is 4.33. The molecule has 0 bridgehead atoms. The van der Waals surface area contributed by atoms with Crippen molar-refractivity contribution in [1.82, 2.24) is 10.1 Å². The third kappa shape index (κ3) is 2.27. The van der Waals surface area contributed by atoms with Gasteiger partial charge in [-0.2, -0.15) is 4.98 Å². The number of hydrogen-bond donors (Lipinski definition) is 0. The first-order valence-electron chi connectivity index (χ1n) is 8.56. The molecule has 1 saturated carbocycles. The minimum Gasteiger partial charge on any atom is -0.381 e. The Hall–Kier alpha value is -1.24. The molecule has 0 amide bonds. The normalized spacial score (nSPS) is 31.0. The zero-order chi connectivity index (χ0) is 16.1. The Bertz CT molecular complexity index is 758. The van der Waals surface area contributed by atoms with Gasteiger partial charge in [-0.3, -0.25) is 0 Å². The molecule has 2 aromatic rings. The molecule has 126 valence electrons. The molecule has 3 aliphatic rings. The highest BCUT2D eigenvalue weighted by molar-refractivity contribution is 9.10. The molecule has 2 aliphatic heterocycles. The van der Waals surface area contributed by atoms with E-state index in [-0.39, 0.29) is 11.5 Å². The van der Waals surface area contributed by atoms with Gasteiger partial charge >= 0.3 is 0 Å². The maximum atomic E-state index is 5.98. The number of halogens is 1. The van der Waals surface area contributed by atoms with Crippen LogP contribution >= 0.6 is 15.9 Å². The van der Waals surface area contributed by atoms with Crippen LogP contribution < -0.4 is 0 Å². The molecular weight excluding hydrogens is 372 g/mol. The van der Waals surface area contributed by atoms with Crippen molar-refractivity contribution in [2.24, 2.45) is 11.8 Å². The van der Waals surface area contributed by atoms with E-state index < -0.39 is 0 Å². The fourth-order valence-corrected chi connectivity index (χ4v) is 4.79. The van der Waals surface area contributed by atoms with Crippen molar-refractivity contribution in [2.75, 3.05) is 19.8 Å². The van der Waals surface area contributed by atoms with Crippen LogP contribution in [-0.2, 0) is 14.9 Å². The van der Waals surface area contributed by atoms with E-state index in [1.54, 1.807) is 0 Å². The molecule has 24 heavy (non-hydrogen) atoms. The minimum absolute atomic E-state index is 0.0739. The van der Waals surface area contributed by atoms with E-state index >= 15 is 0 Å². The zero-order valence-corrected chi connectivity index (χ0v) is 14.9. The Morgan fingerprint density at radius 3 is 2.88 bits per heavy atom. The molecule has 1 aromatic carbocycles. The van der Waals surface area contributed by atoms with E-state index in [1.807, 2.05) is 6.07 Å². The summed E-state index contributed by atoms with van der Waals surface area (Å²) in [5.74, 6) is 2.32. The first kappa shape index (κ1) is 15.0. The molecule has 1 aromatic heterocycles. The summed E-state index contributed by atoms with van der Waals surface area (Å²) in [6.45, 7) is 2.30. The molecule has 6 heteroatoms. The minimum atomic E-state index is -0.102. The Morgan fingerprint density at radius 1 is 1.17 bits per heavy atom. The van der Waals surface area contributed by atoms with Gasteiger partial charge < -0.3 is 14.0 Å². The van der Waals surface area contributed by atoms with Crippen LogP contribution in [0.1, 0.15) is 42.6 Å². The molecule has 0 spiro atoms. The Labute approximate surface area is 148 Å². The van der Waals surface area contributed by atoms with E-state index in [2.05, 4.69) is 39.3 Å². The second-order valence-corrected chi connectivity index (χ2v) is 7.91. The van der Waals surface area contributed by atoms with E-state index in [4.69, 9.17) is 19.0 Å². The van der Waals surface area contributed by atoms with Crippen LogP contribution in [0.15, 0.2) is 33.3 Å². The van der Waals surface area contributed by atoms with Crippen molar-refractivity contribution in [3.63, 3.8) is 0 Å². The van der Waals surface area contributed by atoms with E-state index in [9.17, 15) is 0 Å². The quantitative estimate of drug-likeness (QED) is 0.800. The summed E-state index contributed by atoms with van der Waals surface area (Å²) in [6, 6.07) is 8.31. The van der Waals surface area contributed by atoms with Gasteiger partial charge in [-0.05, 0) is 30.9 Å². The van der Waals surface area contributed by atoms with Crippen molar-refractivity contribution in [3.8, 4) is 0 Å². The average Bonchev–Trinajstić information content (AvgIpc) is 3.07. The second kappa shape index (κ2) is 5.64.